The molecule has 0 bridgehead atoms. The van der Waals surface area contributed by atoms with E-state index < -0.39 is 5.82 Å². The number of nitrogens with two attached hydrogens (primary N) is 1. The Balaban J connectivity index is 2.40. The van der Waals surface area contributed by atoms with Crippen molar-refractivity contribution in [3.63, 3.8) is 0 Å². The second kappa shape index (κ2) is 4.79. The topological polar surface area (TPSA) is 84.9 Å². The minimum Gasteiger partial charge on any atom is -0.437 e. The molecule has 0 saturated heterocycles. The molecule has 1 aromatic carbocycles. The van der Waals surface area contributed by atoms with Gasteiger partial charge in [0.15, 0.2) is 0 Å². The number of nitrogens with zero attached hydrogens (tertiary/aromatic N) is 2. The predicted octanol–water partition coefficient (Wildman–Crippen LogP) is 2.00. The molecule has 0 unspecified atom stereocenters. The second-order valence-electron chi connectivity index (χ2n) is 3.68. The van der Waals surface area contributed by atoms with E-state index in [0.717, 1.165) is 5.56 Å². The number of rotatable bonds is 3. The third kappa shape index (κ3) is 2.42. The lowest BCUT2D eigenvalue weighted by Crippen LogP contribution is -2.13. The zero-order chi connectivity index (χ0) is 13.1. The molecule has 92 valence electrons. The van der Waals surface area contributed by atoms with E-state index in [0.29, 0.717) is 11.3 Å². The number of aromatic nitrogens is 2. The highest BCUT2D eigenvalue weighted by Gasteiger charge is 2.11. The summed E-state index contributed by atoms with van der Waals surface area (Å²) in [5.41, 5.74) is 6.46. The first-order valence-electron chi connectivity index (χ1n) is 5.18. The molecule has 2 rings (SSSR count). The van der Waals surface area contributed by atoms with Gasteiger partial charge in [-0.1, -0.05) is 6.07 Å². The van der Waals surface area contributed by atoms with Crippen LogP contribution in [0.5, 0.6) is 11.6 Å². The van der Waals surface area contributed by atoms with E-state index in [1.165, 1.54) is 24.4 Å². The van der Waals surface area contributed by atoms with Gasteiger partial charge in [-0.15, -0.1) is 5.10 Å². The maximum atomic E-state index is 13.1. The third-order valence-electron chi connectivity index (χ3n) is 2.33. The van der Waals surface area contributed by atoms with Gasteiger partial charge in [0.05, 0.1) is 11.8 Å². The van der Waals surface area contributed by atoms with Crippen molar-refractivity contribution >= 4 is 5.84 Å². The molecule has 0 fully saturated rings. The molecule has 1 heterocycles. The molecule has 18 heavy (non-hydrogen) atoms. The highest BCUT2D eigenvalue weighted by molar-refractivity contribution is 5.96. The van der Waals surface area contributed by atoms with Gasteiger partial charge in [-0.25, -0.2) is 4.39 Å². The molecule has 6 heteroatoms. The summed E-state index contributed by atoms with van der Waals surface area (Å²) in [4.78, 5) is 0. The summed E-state index contributed by atoms with van der Waals surface area (Å²) in [5, 5.41) is 14.8. The van der Waals surface area contributed by atoms with Crippen molar-refractivity contribution in [2.24, 2.45) is 5.73 Å². The van der Waals surface area contributed by atoms with Crippen molar-refractivity contribution in [3.8, 4) is 11.6 Å². The molecule has 0 aliphatic rings. The van der Waals surface area contributed by atoms with Crippen LogP contribution in [0.4, 0.5) is 4.39 Å². The van der Waals surface area contributed by atoms with Crippen LogP contribution in [0, 0.1) is 18.2 Å². The fraction of sp³-hybridized carbons (Fsp3) is 0.0833. The molecule has 0 spiro atoms. The van der Waals surface area contributed by atoms with Crippen LogP contribution in [0.15, 0.2) is 30.5 Å². The summed E-state index contributed by atoms with van der Waals surface area (Å²) in [6.45, 7) is 1.78. The Hall–Kier alpha value is -2.50. The smallest absolute Gasteiger partial charge is 0.249 e. The summed E-state index contributed by atoms with van der Waals surface area (Å²) in [6.07, 6.45) is 1.40. The van der Waals surface area contributed by atoms with Crippen molar-refractivity contribution in [3.05, 3.63) is 47.4 Å². The number of nitrogen functional groups attached to an aromatic ring is 1. The standard InChI is InChI=1S/C12H11FN4O/c1-7-2-3-8(13)6-10(7)18-12-9(11(14)15)4-5-16-17-12/h2-6H,1H3,(H3,14,15). The number of halogens is 1. The SMILES string of the molecule is Cc1ccc(F)cc1Oc1nnccc1C(=N)N. The molecule has 3 N–H and O–H groups in total. The Labute approximate surface area is 103 Å². The van der Waals surface area contributed by atoms with Crippen LogP contribution in [0.3, 0.4) is 0 Å². The molecule has 2 aromatic rings. The van der Waals surface area contributed by atoms with Crippen LogP contribution in [0.2, 0.25) is 0 Å². The number of ether oxygens (including phenoxy) is 1. The number of benzene rings is 1. The Morgan fingerprint density at radius 3 is 2.89 bits per heavy atom. The number of nitrogens with one attached hydrogen (secondary N) is 1. The van der Waals surface area contributed by atoms with Gasteiger partial charge in [0, 0.05) is 6.07 Å². The monoisotopic (exact) mass is 246 g/mol. The van der Waals surface area contributed by atoms with Gasteiger partial charge in [-0.3, -0.25) is 5.41 Å². The van der Waals surface area contributed by atoms with Gasteiger partial charge in [0.2, 0.25) is 5.88 Å². The minimum atomic E-state index is -0.413. The number of aryl methyl sites for hydroxylation is 1. The zero-order valence-corrected chi connectivity index (χ0v) is 9.64. The van der Waals surface area contributed by atoms with Crippen LogP contribution < -0.4 is 10.5 Å². The van der Waals surface area contributed by atoms with E-state index in [4.69, 9.17) is 15.9 Å². The van der Waals surface area contributed by atoms with E-state index in [1.54, 1.807) is 13.0 Å². The van der Waals surface area contributed by atoms with Crippen LogP contribution >= 0.6 is 0 Å². The van der Waals surface area contributed by atoms with Crippen LogP contribution in [-0.4, -0.2) is 16.0 Å². The van der Waals surface area contributed by atoms with Crippen LogP contribution in [0.1, 0.15) is 11.1 Å². The number of amidine groups is 1. The van der Waals surface area contributed by atoms with Gasteiger partial charge in [-0.05, 0) is 24.6 Å². The molecule has 0 saturated carbocycles. The number of hydrogen-bond donors (Lipinski definition) is 2. The maximum absolute atomic E-state index is 13.1. The Morgan fingerprint density at radius 2 is 2.17 bits per heavy atom. The Bertz CT molecular complexity index is 600. The average molecular weight is 246 g/mol. The summed E-state index contributed by atoms with van der Waals surface area (Å²) < 4.78 is 18.6. The third-order valence-corrected chi connectivity index (χ3v) is 2.33. The second-order valence-corrected chi connectivity index (χ2v) is 3.68. The first kappa shape index (κ1) is 12.0. The molecular weight excluding hydrogens is 235 g/mol. The summed E-state index contributed by atoms with van der Waals surface area (Å²) >= 11 is 0. The Kier molecular flexibility index (Phi) is 3.18. The van der Waals surface area contributed by atoms with E-state index in [1.807, 2.05) is 0 Å². The molecular formula is C12H11FN4O. The lowest BCUT2D eigenvalue weighted by molar-refractivity contribution is 0.446. The molecule has 0 radical (unpaired) electrons. The summed E-state index contributed by atoms with van der Waals surface area (Å²) in [6, 6.07) is 5.69. The van der Waals surface area contributed by atoms with Gasteiger partial charge in [0.1, 0.15) is 17.4 Å². The molecule has 0 amide bonds. The summed E-state index contributed by atoms with van der Waals surface area (Å²) in [7, 11) is 0. The number of hydrogen-bond acceptors (Lipinski definition) is 4. The van der Waals surface area contributed by atoms with E-state index in [9.17, 15) is 4.39 Å². The predicted molar refractivity (Wildman–Crippen MR) is 64.3 cm³/mol. The normalized spacial score (nSPS) is 10.1. The molecule has 5 nitrogen and oxygen atoms in total. The minimum absolute atomic E-state index is 0.0821. The first-order valence-corrected chi connectivity index (χ1v) is 5.18. The zero-order valence-electron chi connectivity index (χ0n) is 9.64. The van der Waals surface area contributed by atoms with E-state index >= 15 is 0 Å². The van der Waals surface area contributed by atoms with Crippen molar-refractivity contribution in [2.75, 3.05) is 0 Å². The lowest BCUT2D eigenvalue weighted by Gasteiger charge is -2.09. The van der Waals surface area contributed by atoms with Gasteiger partial charge in [-0.2, -0.15) is 5.10 Å². The Morgan fingerprint density at radius 1 is 1.39 bits per heavy atom. The summed E-state index contributed by atoms with van der Waals surface area (Å²) in [5.74, 6) is -0.200. The van der Waals surface area contributed by atoms with Crippen molar-refractivity contribution in [1.29, 1.82) is 5.41 Å². The fourth-order valence-corrected chi connectivity index (χ4v) is 1.39. The highest BCUT2D eigenvalue weighted by atomic mass is 19.1. The highest BCUT2D eigenvalue weighted by Crippen LogP contribution is 2.26. The molecule has 1 aromatic heterocycles. The van der Waals surface area contributed by atoms with Gasteiger partial charge < -0.3 is 10.5 Å². The molecule has 0 atom stereocenters. The molecule has 0 aliphatic carbocycles. The largest absolute Gasteiger partial charge is 0.437 e. The van der Waals surface area contributed by atoms with Gasteiger partial charge in [0.25, 0.3) is 0 Å². The van der Waals surface area contributed by atoms with Gasteiger partial charge >= 0.3 is 0 Å². The average Bonchev–Trinajstić information content (AvgIpc) is 2.34. The van der Waals surface area contributed by atoms with Crippen LogP contribution in [0.25, 0.3) is 0 Å². The van der Waals surface area contributed by atoms with E-state index in [2.05, 4.69) is 10.2 Å². The maximum Gasteiger partial charge on any atom is 0.249 e. The van der Waals surface area contributed by atoms with Crippen molar-refractivity contribution < 1.29 is 9.13 Å². The van der Waals surface area contributed by atoms with Crippen molar-refractivity contribution in [2.45, 2.75) is 6.92 Å². The van der Waals surface area contributed by atoms with Crippen molar-refractivity contribution in [1.82, 2.24) is 10.2 Å². The molecule has 0 aliphatic heterocycles. The quantitative estimate of drug-likeness (QED) is 0.640. The first-order chi connectivity index (χ1) is 8.58. The lowest BCUT2D eigenvalue weighted by atomic mass is 10.2. The fourth-order valence-electron chi connectivity index (χ4n) is 1.39. The van der Waals surface area contributed by atoms with Crippen LogP contribution in [-0.2, 0) is 0 Å². The van der Waals surface area contributed by atoms with E-state index in [-0.39, 0.29) is 11.7 Å².